The van der Waals surface area contributed by atoms with Crippen molar-refractivity contribution in [3.05, 3.63) is 24.3 Å². The fraction of sp³-hybridized carbons (Fsp3) is 0.333. The quantitative estimate of drug-likeness (QED) is 0.720. The van der Waals surface area contributed by atoms with Gasteiger partial charge in [-0.1, -0.05) is 0 Å². The Morgan fingerprint density at radius 3 is 2.43 bits per heavy atom. The van der Waals surface area contributed by atoms with Crippen molar-refractivity contribution in [2.75, 3.05) is 6.61 Å². The lowest BCUT2D eigenvalue weighted by atomic mass is 10.1. The number of carbonyl (C=O) groups is 2. The van der Waals surface area contributed by atoms with Gasteiger partial charge in [0.05, 0.1) is 10.8 Å². The first kappa shape index (κ1) is 15.4. The third-order valence-corrected chi connectivity index (χ3v) is 4.17. The van der Waals surface area contributed by atoms with Crippen LogP contribution in [0.15, 0.2) is 29.2 Å². The molecule has 1 aromatic carbocycles. The van der Waals surface area contributed by atoms with Crippen molar-refractivity contribution < 1.29 is 32.5 Å². The van der Waals surface area contributed by atoms with E-state index in [2.05, 4.69) is 4.28 Å². The lowest BCUT2D eigenvalue weighted by Crippen LogP contribution is -2.33. The molecule has 1 aromatic rings. The van der Waals surface area contributed by atoms with Gasteiger partial charge >= 0.3 is 10.1 Å². The second-order valence-corrected chi connectivity index (χ2v) is 5.99. The minimum atomic E-state index is -4.35. The van der Waals surface area contributed by atoms with Crippen LogP contribution >= 0.6 is 0 Å². The smallest absolute Gasteiger partial charge is 0.318 e. The van der Waals surface area contributed by atoms with Gasteiger partial charge in [-0.25, -0.2) is 0 Å². The largest absolute Gasteiger partial charge is 0.508 e. The van der Waals surface area contributed by atoms with E-state index in [1.165, 1.54) is 0 Å². The molecule has 1 unspecified atom stereocenters. The maximum Gasteiger partial charge on any atom is 0.318 e. The van der Waals surface area contributed by atoms with Gasteiger partial charge in [-0.2, -0.15) is 8.42 Å². The monoisotopic (exact) mass is 315 g/mol. The fourth-order valence-corrected chi connectivity index (χ4v) is 2.79. The molecule has 1 heterocycles. The Balaban J connectivity index is 2.19. The molecule has 114 valence electrons. The molecule has 0 aromatic heterocycles. The summed E-state index contributed by atoms with van der Waals surface area (Å²) in [5.41, 5.74) is 0. The minimum Gasteiger partial charge on any atom is -0.508 e. The molecule has 1 atom stereocenters. The first-order valence-corrected chi connectivity index (χ1v) is 7.47. The number of phenolic OH excluding ortho intramolecular Hbond substituents is 1. The van der Waals surface area contributed by atoms with E-state index in [1.54, 1.807) is 0 Å². The van der Waals surface area contributed by atoms with E-state index in [9.17, 15) is 18.0 Å². The van der Waals surface area contributed by atoms with Gasteiger partial charge in [0.25, 0.3) is 11.8 Å². The van der Waals surface area contributed by atoms with Crippen LogP contribution < -0.4 is 0 Å². The lowest BCUT2D eigenvalue weighted by Gasteiger charge is -2.13. The third-order valence-electron chi connectivity index (χ3n) is 2.97. The second-order valence-electron chi connectivity index (χ2n) is 4.46. The van der Waals surface area contributed by atoms with Crippen LogP contribution in [0.3, 0.4) is 0 Å². The van der Waals surface area contributed by atoms with Gasteiger partial charge in [-0.15, -0.1) is 9.35 Å². The number of rotatable bonds is 5. The number of nitrogens with zero attached hydrogens (tertiary/aromatic N) is 1. The van der Waals surface area contributed by atoms with Gasteiger partial charge in [0.2, 0.25) is 0 Å². The first-order chi connectivity index (χ1) is 9.85. The molecule has 0 radical (unpaired) electrons. The topological polar surface area (TPSA) is 121 Å². The molecular formula is C12H13NO7S. The van der Waals surface area contributed by atoms with E-state index in [4.69, 9.17) is 10.2 Å². The molecule has 0 saturated carbocycles. The van der Waals surface area contributed by atoms with Crippen LogP contribution in [0.2, 0.25) is 0 Å². The van der Waals surface area contributed by atoms with Gasteiger partial charge in [-0.3, -0.25) is 9.59 Å². The van der Waals surface area contributed by atoms with Gasteiger partial charge in [0.1, 0.15) is 5.75 Å². The molecule has 1 aliphatic heterocycles. The Morgan fingerprint density at radius 1 is 1.24 bits per heavy atom. The molecule has 0 spiro atoms. The molecule has 0 bridgehead atoms. The number of hydrogen-bond acceptors (Lipinski definition) is 7. The Kier molecular flexibility index (Phi) is 4.26. The second kappa shape index (κ2) is 5.80. The minimum absolute atomic E-state index is 0.0592. The molecule has 0 aliphatic carbocycles. The summed E-state index contributed by atoms with van der Waals surface area (Å²) in [6.45, 7) is -0.289. The predicted octanol–water partition coefficient (Wildman–Crippen LogP) is -0.230. The average molecular weight is 315 g/mol. The van der Waals surface area contributed by atoms with Crippen LogP contribution in [0.25, 0.3) is 0 Å². The van der Waals surface area contributed by atoms with E-state index in [0.29, 0.717) is 0 Å². The summed E-state index contributed by atoms with van der Waals surface area (Å²) in [6.07, 6.45) is -0.145. The van der Waals surface area contributed by atoms with E-state index >= 15 is 0 Å². The molecule has 9 heteroatoms. The van der Waals surface area contributed by atoms with Gasteiger partial charge in [0.15, 0.2) is 0 Å². The van der Waals surface area contributed by atoms with E-state index in [1.807, 2.05) is 0 Å². The average Bonchev–Trinajstić information content (AvgIpc) is 2.67. The number of aromatic hydroxyl groups is 1. The number of hydrogen-bond donors (Lipinski definition) is 2. The van der Waals surface area contributed by atoms with Crippen molar-refractivity contribution in [2.24, 2.45) is 5.92 Å². The number of benzene rings is 1. The predicted molar refractivity (Wildman–Crippen MR) is 68.0 cm³/mol. The summed E-state index contributed by atoms with van der Waals surface area (Å²) in [6, 6.07) is 4.44. The summed E-state index contributed by atoms with van der Waals surface area (Å²) < 4.78 is 28.5. The maximum absolute atomic E-state index is 12.0. The molecule has 1 aliphatic rings. The van der Waals surface area contributed by atoms with Gasteiger partial charge in [-0.05, 0) is 30.7 Å². The summed E-state index contributed by atoms with van der Waals surface area (Å²) >= 11 is 0. The number of phenols is 1. The Bertz CT molecular complexity index is 653. The molecule has 2 amide bonds. The Morgan fingerprint density at radius 2 is 1.86 bits per heavy atom. The zero-order chi connectivity index (χ0) is 15.6. The SMILES string of the molecule is O=C1CC(CCO)C(=O)N1OS(=O)(=O)c1ccc(O)cc1. The molecule has 2 N–H and O–H groups in total. The zero-order valence-corrected chi connectivity index (χ0v) is 11.6. The lowest BCUT2D eigenvalue weighted by molar-refractivity contribution is -0.165. The molecule has 21 heavy (non-hydrogen) atoms. The number of amides is 2. The summed E-state index contributed by atoms with van der Waals surface area (Å²) in [5, 5.41) is 18.1. The highest BCUT2D eigenvalue weighted by atomic mass is 32.2. The van der Waals surface area contributed by atoms with Crippen LogP contribution in [-0.2, 0) is 24.0 Å². The van der Waals surface area contributed by atoms with Crippen molar-refractivity contribution >= 4 is 21.9 Å². The van der Waals surface area contributed by atoms with Crippen LogP contribution in [0.1, 0.15) is 12.8 Å². The van der Waals surface area contributed by atoms with Crippen LogP contribution in [0, 0.1) is 5.92 Å². The highest BCUT2D eigenvalue weighted by Gasteiger charge is 2.42. The molecule has 1 fully saturated rings. The van der Waals surface area contributed by atoms with Gasteiger partial charge < -0.3 is 10.2 Å². The van der Waals surface area contributed by atoms with Crippen molar-refractivity contribution in [3.63, 3.8) is 0 Å². The summed E-state index contributed by atoms with van der Waals surface area (Å²) in [7, 11) is -4.35. The van der Waals surface area contributed by atoms with E-state index in [0.717, 1.165) is 24.3 Å². The van der Waals surface area contributed by atoms with Crippen molar-refractivity contribution in [2.45, 2.75) is 17.7 Å². The van der Waals surface area contributed by atoms with Crippen LogP contribution in [0.4, 0.5) is 0 Å². The Hall–Kier alpha value is -1.97. The molecule has 1 saturated heterocycles. The molecular weight excluding hydrogens is 302 g/mol. The number of aliphatic hydroxyl groups excluding tert-OH is 1. The zero-order valence-electron chi connectivity index (χ0n) is 10.8. The van der Waals surface area contributed by atoms with E-state index in [-0.39, 0.29) is 35.2 Å². The highest BCUT2D eigenvalue weighted by Crippen LogP contribution is 2.26. The molecule has 8 nitrogen and oxygen atoms in total. The molecule has 2 rings (SSSR count). The standard InChI is InChI=1S/C12H13NO7S/c14-6-5-8-7-11(16)13(12(8)17)20-21(18,19)10-3-1-9(15)2-4-10/h1-4,8,14-15H,5-7H2. The van der Waals surface area contributed by atoms with Crippen LogP contribution in [0.5, 0.6) is 5.75 Å². The number of hydroxylamine groups is 2. The maximum atomic E-state index is 12.0. The van der Waals surface area contributed by atoms with Crippen molar-refractivity contribution in [1.29, 1.82) is 0 Å². The van der Waals surface area contributed by atoms with Crippen LogP contribution in [-0.4, -0.2) is 42.1 Å². The highest BCUT2D eigenvalue weighted by molar-refractivity contribution is 7.86. The van der Waals surface area contributed by atoms with Crippen molar-refractivity contribution in [1.82, 2.24) is 5.06 Å². The first-order valence-electron chi connectivity index (χ1n) is 6.06. The fourth-order valence-electron chi connectivity index (χ4n) is 1.88. The number of imide groups is 1. The number of carbonyl (C=O) groups excluding carboxylic acids is 2. The van der Waals surface area contributed by atoms with Gasteiger partial charge in [0, 0.05) is 13.0 Å². The summed E-state index contributed by atoms with van der Waals surface area (Å²) in [5.74, 6) is -2.49. The van der Waals surface area contributed by atoms with E-state index < -0.39 is 27.9 Å². The number of aliphatic hydroxyl groups is 1. The van der Waals surface area contributed by atoms with Crippen molar-refractivity contribution in [3.8, 4) is 5.75 Å². The Labute approximate surface area is 120 Å². The normalized spacial score (nSPS) is 19.3. The third kappa shape index (κ3) is 3.20. The summed E-state index contributed by atoms with van der Waals surface area (Å²) in [4.78, 5) is 23.2.